The summed E-state index contributed by atoms with van der Waals surface area (Å²) in [5, 5.41) is 5.32. The van der Waals surface area contributed by atoms with Gasteiger partial charge in [0.2, 0.25) is 0 Å². The minimum atomic E-state index is -0.214. The summed E-state index contributed by atoms with van der Waals surface area (Å²) in [7, 11) is 0. The van der Waals surface area contributed by atoms with E-state index in [2.05, 4.69) is 21.9 Å². The highest BCUT2D eigenvalue weighted by atomic mass is 35.5. The van der Waals surface area contributed by atoms with Crippen LogP contribution >= 0.6 is 11.6 Å². The molecule has 0 spiro atoms. The molecule has 1 aliphatic carbocycles. The summed E-state index contributed by atoms with van der Waals surface area (Å²) in [6.45, 7) is 0. The SMILES string of the molecule is NC(Cc1ccn(C2CCCCC2)n1)c1ncccc1Cl. The van der Waals surface area contributed by atoms with Crippen molar-refractivity contribution in [3.05, 3.63) is 47.0 Å². The first-order valence-electron chi connectivity index (χ1n) is 7.64. The van der Waals surface area contributed by atoms with Crippen LogP contribution in [-0.2, 0) is 6.42 Å². The average Bonchev–Trinajstić information content (AvgIpc) is 2.97. The molecule has 2 heterocycles. The van der Waals surface area contributed by atoms with Crippen molar-refractivity contribution < 1.29 is 0 Å². The quantitative estimate of drug-likeness (QED) is 0.937. The van der Waals surface area contributed by atoms with E-state index in [4.69, 9.17) is 22.4 Å². The van der Waals surface area contributed by atoms with Crippen molar-refractivity contribution in [1.82, 2.24) is 14.8 Å². The standard InChI is InChI=1S/C16H21ClN4/c17-14-7-4-9-19-16(14)15(18)11-12-8-10-21(20-12)13-5-2-1-3-6-13/h4,7-10,13,15H,1-3,5-6,11,18H2. The Labute approximate surface area is 130 Å². The van der Waals surface area contributed by atoms with Crippen molar-refractivity contribution >= 4 is 11.6 Å². The number of aromatic nitrogens is 3. The summed E-state index contributed by atoms with van der Waals surface area (Å²) in [6, 6.07) is 6.04. The van der Waals surface area contributed by atoms with Gasteiger partial charge in [-0.3, -0.25) is 9.67 Å². The highest BCUT2D eigenvalue weighted by Gasteiger charge is 2.18. The largest absolute Gasteiger partial charge is 0.322 e. The maximum atomic E-state index is 6.22. The topological polar surface area (TPSA) is 56.7 Å². The molecule has 0 aromatic carbocycles. The molecule has 4 nitrogen and oxygen atoms in total. The third-order valence-corrected chi connectivity index (χ3v) is 4.50. The lowest BCUT2D eigenvalue weighted by atomic mass is 9.96. The number of hydrogen-bond donors (Lipinski definition) is 1. The Morgan fingerprint density at radius 1 is 1.29 bits per heavy atom. The lowest BCUT2D eigenvalue weighted by molar-refractivity contribution is 0.328. The maximum absolute atomic E-state index is 6.22. The minimum absolute atomic E-state index is 0.214. The van der Waals surface area contributed by atoms with Crippen LogP contribution in [0.15, 0.2) is 30.6 Å². The predicted octanol–water partition coefficient (Wildman–Crippen LogP) is 3.68. The Hall–Kier alpha value is -1.39. The Morgan fingerprint density at radius 2 is 2.10 bits per heavy atom. The molecule has 1 saturated carbocycles. The fourth-order valence-corrected chi connectivity index (χ4v) is 3.29. The molecule has 1 aliphatic rings. The molecule has 2 N–H and O–H groups in total. The molecule has 5 heteroatoms. The van der Waals surface area contributed by atoms with Gasteiger partial charge in [0.1, 0.15) is 0 Å². The van der Waals surface area contributed by atoms with Crippen LogP contribution in [0, 0.1) is 0 Å². The molecule has 1 fully saturated rings. The lowest BCUT2D eigenvalue weighted by Gasteiger charge is -2.21. The first-order chi connectivity index (χ1) is 10.2. The van der Waals surface area contributed by atoms with Crippen LogP contribution in [-0.4, -0.2) is 14.8 Å². The molecule has 1 unspecified atom stereocenters. The Balaban J connectivity index is 1.68. The number of nitrogens with two attached hydrogens (primary N) is 1. The monoisotopic (exact) mass is 304 g/mol. The Morgan fingerprint density at radius 3 is 2.86 bits per heavy atom. The number of hydrogen-bond acceptors (Lipinski definition) is 3. The number of nitrogens with zero attached hydrogens (tertiary/aromatic N) is 3. The second-order valence-corrected chi connectivity index (χ2v) is 6.17. The fourth-order valence-electron chi connectivity index (χ4n) is 3.03. The molecule has 0 amide bonds. The summed E-state index contributed by atoms with van der Waals surface area (Å²) >= 11 is 6.14. The van der Waals surface area contributed by atoms with Crippen LogP contribution in [0.5, 0.6) is 0 Å². The number of halogens is 1. The molecule has 2 aromatic rings. The first-order valence-corrected chi connectivity index (χ1v) is 8.02. The second kappa shape index (κ2) is 6.58. The Bertz CT molecular complexity index is 589. The zero-order valence-corrected chi connectivity index (χ0v) is 12.8. The van der Waals surface area contributed by atoms with E-state index >= 15 is 0 Å². The van der Waals surface area contributed by atoms with Crippen LogP contribution < -0.4 is 5.73 Å². The van der Waals surface area contributed by atoms with E-state index in [0.29, 0.717) is 17.5 Å². The molecule has 1 atom stereocenters. The minimum Gasteiger partial charge on any atom is -0.322 e. The van der Waals surface area contributed by atoms with Crippen molar-refractivity contribution in [2.24, 2.45) is 5.73 Å². The van der Waals surface area contributed by atoms with Gasteiger partial charge in [-0.25, -0.2) is 0 Å². The molecule has 0 saturated heterocycles. The van der Waals surface area contributed by atoms with Crippen molar-refractivity contribution in [3.8, 4) is 0 Å². The zero-order chi connectivity index (χ0) is 14.7. The summed E-state index contributed by atoms with van der Waals surface area (Å²) in [4.78, 5) is 4.28. The smallest absolute Gasteiger partial charge is 0.0760 e. The van der Waals surface area contributed by atoms with Gasteiger partial charge < -0.3 is 5.73 Å². The Kier molecular flexibility index (Phi) is 4.56. The van der Waals surface area contributed by atoms with Gasteiger partial charge in [0.15, 0.2) is 0 Å². The van der Waals surface area contributed by atoms with Crippen molar-refractivity contribution in [2.45, 2.75) is 50.6 Å². The van der Waals surface area contributed by atoms with E-state index in [1.165, 1.54) is 32.1 Å². The zero-order valence-electron chi connectivity index (χ0n) is 12.1. The van der Waals surface area contributed by atoms with Gasteiger partial charge in [-0.1, -0.05) is 30.9 Å². The molecule has 0 radical (unpaired) electrons. The summed E-state index contributed by atoms with van der Waals surface area (Å²) in [5.74, 6) is 0. The molecular formula is C16H21ClN4. The van der Waals surface area contributed by atoms with Gasteiger partial charge in [-0.05, 0) is 31.0 Å². The summed E-state index contributed by atoms with van der Waals surface area (Å²) in [5.41, 5.74) is 7.97. The van der Waals surface area contributed by atoms with Crippen LogP contribution in [0.3, 0.4) is 0 Å². The van der Waals surface area contributed by atoms with E-state index in [-0.39, 0.29) is 6.04 Å². The molecule has 112 valence electrons. The highest BCUT2D eigenvalue weighted by molar-refractivity contribution is 6.31. The van der Waals surface area contributed by atoms with Gasteiger partial charge >= 0.3 is 0 Å². The summed E-state index contributed by atoms with van der Waals surface area (Å²) in [6.07, 6.45) is 10.9. The van der Waals surface area contributed by atoms with E-state index in [9.17, 15) is 0 Å². The normalized spacial score (nSPS) is 17.8. The molecule has 2 aromatic heterocycles. The lowest BCUT2D eigenvalue weighted by Crippen LogP contribution is -2.17. The van der Waals surface area contributed by atoms with Crippen molar-refractivity contribution in [2.75, 3.05) is 0 Å². The van der Waals surface area contributed by atoms with E-state index < -0.39 is 0 Å². The van der Waals surface area contributed by atoms with Gasteiger partial charge in [-0.2, -0.15) is 5.10 Å². The molecule has 0 aliphatic heterocycles. The number of rotatable bonds is 4. The fraction of sp³-hybridized carbons (Fsp3) is 0.500. The third-order valence-electron chi connectivity index (χ3n) is 4.18. The average molecular weight is 305 g/mol. The number of pyridine rings is 1. The van der Waals surface area contributed by atoms with Crippen LogP contribution in [0.2, 0.25) is 5.02 Å². The van der Waals surface area contributed by atoms with Crippen molar-refractivity contribution in [1.29, 1.82) is 0 Å². The van der Waals surface area contributed by atoms with Gasteiger partial charge in [0.05, 0.1) is 28.5 Å². The molecule has 3 rings (SSSR count). The maximum Gasteiger partial charge on any atom is 0.0760 e. The highest BCUT2D eigenvalue weighted by Crippen LogP contribution is 2.28. The summed E-state index contributed by atoms with van der Waals surface area (Å²) < 4.78 is 2.11. The van der Waals surface area contributed by atoms with Crippen molar-refractivity contribution in [3.63, 3.8) is 0 Å². The van der Waals surface area contributed by atoms with Gasteiger partial charge in [-0.15, -0.1) is 0 Å². The van der Waals surface area contributed by atoms with Crippen LogP contribution in [0.4, 0.5) is 0 Å². The van der Waals surface area contributed by atoms with E-state index in [0.717, 1.165) is 11.4 Å². The van der Waals surface area contributed by atoms with E-state index in [1.54, 1.807) is 6.20 Å². The predicted molar refractivity (Wildman–Crippen MR) is 84.2 cm³/mol. The van der Waals surface area contributed by atoms with Gasteiger partial charge in [0.25, 0.3) is 0 Å². The van der Waals surface area contributed by atoms with Crippen LogP contribution in [0.25, 0.3) is 0 Å². The molecule has 21 heavy (non-hydrogen) atoms. The van der Waals surface area contributed by atoms with Crippen LogP contribution in [0.1, 0.15) is 55.6 Å². The molecular weight excluding hydrogens is 284 g/mol. The second-order valence-electron chi connectivity index (χ2n) is 5.76. The molecule has 0 bridgehead atoms. The third kappa shape index (κ3) is 3.44. The first kappa shape index (κ1) is 14.5. The van der Waals surface area contributed by atoms with Gasteiger partial charge in [0, 0.05) is 18.8 Å². The van der Waals surface area contributed by atoms with E-state index in [1.807, 2.05) is 12.1 Å².